The molecule has 4 fully saturated rings. The number of amides is 4. The van der Waals surface area contributed by atoms with Crippen LogP contribution < -0.4 is 21.3 Å². The van der Waals surface area contributed by atoms with E-state index in [1.165, 1.54) is 55.2 Å². The fourth-order valence-corrected chi connectivity index (χ4v) is 15.3. The maximum atomic E-state index is 12.5. The van der Waals surface area contributed by atoms with Gasteiger partial charge in [0.25, 0.3) is 23.6 Å². The minimum absolute atomic E-state index is 0.196. The molecule has 8 aromatic heterocycles. The Morgan fingerprint density at radius 2 is 0.640 bits per heavy atom. The SMILES string of the molecule is CC[C@H]1O[C@@H](n2cnc3c(NC(=O)c4ccccc4)ncnc32)[C@H](Cl)[C@@H]1O.CC[C@H]1O[C@@H](n2cnc3c(NC(=O)c4ccccc4)ncnc32)[C@H](Cl)[C@@H]1O[P+](=O)O.O=C(Nc1ncnc2c1ncn2[C@@H]1O[C@H](CO)[C@@H](O)[C@H]1Cl)c1ccccc1.O=C(Nc1ncnc2c1ncn2[C@@H]1O[C@H](CO)[C@@H](O[P+](=O)O)[C@H]1Cl)c1ccccc1. The summed E-state index contributed by atoms with van der Waals surface area (Å²) in [5.74, 6) is -0.328. The fourth-order valence-electron chi connectivity index (χ4n) is 12.7. The van der Waals surface area contributed by atoms with Gasteiger partial charge in [0.2, 0.25) is 0 Å². The third-order valence-electron chi connectivity index (χ3n) is 18.3. The van der Waals surface area contributed by atoms with Gasteiger partial charge in [0.05, 0.1) is 50.7 Å². The normalized spacial score (nSPS) is 24.6. The lowest BCUT2D eigenvalue weighted by Gasteiger charge is -2.16. The van der Waals surface area contributed by atoms with Crippen LogP contribution in [0, 0.1) is 0 Å². The van der Waals surface area contributed by atoms with Crippen LogP contribution in [-0.4, -0.2) is 215 Å². The van der Waals surface area contributed by atoms with E-state index in [0.29, 0.717) is 85.6 Å². The number of carbonyl (C=O) groups excluding carboxylic acids is 4. The summed E-state index contributed by atoms with van der Waals surface area (Å²) in [7, 11) is -5.77. The highest BCUT2D eigenvalue weighted by Gasteiger charge is 2.52. The van der Waals surface area contributed by atoms with Crippen molar-refractivity contribution in [3.05, 3.63) is 194 Å². The summed E-state index contributed by atoms with van der Waals surface area (Å²) in [5, 5.41) is 46.9. The molecule has 0 saturated carbocycles. The Morgan fingerprint density at radius 1 is 0.386 bits per heavy atom. The van der Waals surface area contributed by atoms with E-state index in [9.17, 15) is 48.7 Å². The second kappa shape index (κ2) is 37.0. The lowest BCUT2D eigenvalue weighted by Crippen LogP contribution is -2.31. The number of aliphatic hydroxyl groups excluding tert-OH is 4. The van der Waals surface area contributed by atoms with E-state index >= 15 is 0 Å². The summed E-state index contributed by atoms with van der Waals surface area (Å²) in [5.41, 5.74) is 4.92. The monoisotopic (exact) mass is 1680 g/mol. The molecule has 0 bridgehead atoms. The van der Waals surface area contributed by atoms with Gasteiger partial charge >= 0.3 is 16.5 Å². The van der Waals surface area contributed by atoms with E-state index in [0.717, 1.165) is 0 Å². The first-order valence-corrected chi connectivity index (χ1v) is 38.8. The van der Waals surface area contributed by atoms with E-state index in [-0.39, 0.29) is 53.8 Å². The molecule has 4 aliphatic heterocycles. The van der Waals surface area contributed by atoms with E-state index in [4.69, 9.17) is 84.2 Å². The molecule has 12 aromatic rings. The molecule has 18 atom stereocenters. The minimum Gasteiger partial charge on any atom is -0.394 e. The lowest BCUT2D eigenvalue weighted by molar-refractivity contribution is -0.0431. The van der Waals surface area contributed by atoms with Gasteiger partial charge in [-0.15, -0.1) is 65.2 Å². The van der Waals surface area contributed by atoms with Crippen molar-refractivity contribution in [1.82, 2.24) is 78.1 Å². The smallest absolute Gasteiger partial charge is 0.394 e. The minimum atomic E-state index is -2.94. The Hall–Kier alpha value is -10.2. The number of alkyl halides is 4. The molecule has 44 heteroatoms. The average Bonchev–Trinajstić information content (AvgIpc) is 1.63. The highest BCUT2D eigenvalue weighted by atomic mass is 35.5. The zero-order valence-electron chi connectivity index (χ0n) is 59.4. The second-order valence-corrected chi connectivity index (χ2v) is 28.7. The molecule has 0 aliphatic carbocycles. The van der Waals surface area contributed by atoms with Gasteiger partial charge in [-0.3, -0.25) is 37.4 Å². The molecule has 4 aliphatic rings. The van der Waals surface area contributed by atoms with Crippen LogP contribution in [0.1, 0.15) is 93.0 Å². The Labute approximate surface area is 666 Å². The number of ether oxygens (including phenoxy) is 4. The van der Waals surface area contributed by atoms with Crippen molar-refractivity contribution in [1.29, 1.82) is 0 Å². The van der Waals surface area contributed by atoms with Crippen LogP contribution in [0.4, 0.5) is 23.3 Å². The number of nitrogens with one attached hydrogen (secondary N) is 4. The molecule has 0 radical (unpaired) electrons. The van der Waals surface area contributed by atoms with Gasteiger partial charge in [0, 0.05) is 31.4 Å². The Morgan fingerprint density at radius 3 is 0.904 bits per heavy atom. The number of nitrogens with zero attached hydrogens (tertiary/aromatic N) is 16. The third-order valence-corrected chi connectivity index (χ3v) is 21.0. The zero-order valence-corrected chi connectivity index (χ0v) is 64.2. The largest absolute Gasteiger partial charge is 0.695 e. The predicted molar refractivity (Wildman–Crippen MR) is 409 cm³/mol. The van der Waals surface area contributed by atoms with Gasteiger partial charge < -0.3 is 60.6 Å². The highest BCUT2D eigenvalue weighted by molar-refractivity contribution is 7.32. The summed E-state index contributed by atoms with van der Waals surface area (Å²) in [6.45, 7) is 2.96. The summed E-state index contributed by atoms with van der Waals surface area (Å²) in [4.78, 5) is 118. The number of aromatic nitrogens is 16. The topological polar surface area (TPSA) is 502 Å². The number of rotatable bonds is 20. The number of carbonyl (C=O) groups is 4. The van der Waals surface area contributed by atoms with Crippen molar-refractivity contribution < 1.29 is 86.5 Å². The number of hydrogen-bond donors (Lipinski definition) is 10. The van der Waals surface area contributed by atoms with E-state index < -0.39 is 112 Å². The number of hydrogen-bond acceptors (Lipinski definition) is 28. The van der Waals surface area contributed by atoms with Gasteiger partial charge in [-0.2, -0.15) is 0 Å². The first-order chi connectivity index (χ1) is 55.2. The summed E-state index contributed by atoms with van der Waals surface area (Å²) >= 11 is 25.5. The third kappa shape index (κ3) is 17.7. The summed E-state index contributed by atoms with van der Waals surface area (Å²) < 4.78 is 61.7. The van der Waals surface area contributed by atoms with Gasteiger partial charge in [-0.25, -0.2) is 59.8 Å². The van der Waals surface area contributed by atoms with Gasteiger partial charge in [-0.05, 0) is 61.4 Å². The maximum absolute atomic E-state index is 12.5. The van der Waals surface area contributed by atoms with Gasteiger partial charge in [-0.1, -0.05) is 86.6 Å². The Bertz CT molecular complexity index is 5080. The Kier molecular flexibility index (Phi) is 26.5. The average molecular weight is 1680 g/mol. The number of halogens is 4. The van der Waals surface area contributed by atoms with Gasteiger partial charge in [0.15, 0.2) is 105 Å². The van der Waals surface area contributed by atoms with E-state index in [1.54, 1.807) is 117 Å². The fraction of sp³-hybridized carbons (Fsp3) is 0.314. The standard InChI is InChI=1S/C18H17ClN5O5P.C18H18ClN5O3.C17H15ClN5O6P.C17H16ClN5O4/c1-2-11-14(29-30(26)27)12(19)18(28-11)24-9-22-13-15(20-8-21-16(13)24)23-17(25)10-6-4-3-5-7-10;1-2-11-14(25)12(19)18(27-11)24-9-22-13-15(20-8-21-16(13)24)23-17(26)10-6-4-3-5-7-10;18-11-13(29-30(26)27)10(6-24)28-17(11)23-8-21-12-14(19-7-20-15(12)23)22-16(25)9-4-2-1-3-5-9;18-11-13(25)10(6-24)27-17(11)23-8-21-12-14(19-7-20-15(12)23)22-16(26)9-4-2-1-3-5-9/h3-9,11-12,14,18H,2H2,1H3,(H-,20,21,23,25,26,27);3-9,11-12,14,18,25H,2H2,1H3,(H,20,21,23,26);1-5,7-8,10-11,13,17,24H,6H2,(H-,19,20,22,25,26,27);1-5,7-8,10-11,13,17,24-25H,6H2,(H,19,20,22,26)/p+2/t2*11-,12-,14-,18-;2*10-,11-,13-,17-/m1111/s1. The maximum Gasteiger partial charge on any atom is 0.695 e. The molecule has 38 nitrogen and oxygen atoms in total. The first-order valence-electron chi connectivity index (χ1n) is 34.8. The molecule has 114 heavy (non-hydrogen) atoms. The molecular weight excluding hydrogens is 1610 g/mol. The molecule has 4 aromatic carbocycles. The van der Waals surface area contributed by atoms with Crippen molar-refractivity contribution >= 4 is 154 Å². The number of imidazole rings is 4. The molecule has 592 valence electrons. The van der Waals surface area contributed by atoms with Crippen LogP contribution >= 0.6 is 62.9 Å². The molecule has 2 unspecified atom stereocenters. The van der Waals surface area contributed by atoms with Crippen LogP contribution in [-0.2, 0) is 37.1 Å². The van der Waals surface area contributed by atoms with Crippen LogP contribution in [0.2, 0.25) is 0 Å². The molecule has 4 saturated heterocycles. The molecule has 4 amide bonds. The van der Waals surface area contributed by atoms with E-state index in [1.807, 2.05) is 32.0 Å². The van der Waals surface area contributed by atoms with Crippen LogP contribution in [0.5, 0.6) is 0 Å². The van der Waals surface area contributed by atoms with Crippen LogP contribution in [0.15, 0.2) is 172 Å². The summed E-state index contributed by atoms with van der Waals surface area (Å²) in [6, 6.07) is 34.9. The van der Waals surface area contributed by atoms with Crippen molar-refractivity contribution in [2.75, 3.05) is 34.5 Å². The van der Waals surface area contributed by atoms with Crippen molar-refractivity contribution in [2.24, 2.45) is 0 Å². The number of fused-ring (bicyclic) bond motifs is 4. The molecule has 0 spiro atoms. The number of aliphatic hydroxyl groups is 4. The quantitative estimate of drug-likeness (QED) is 0.0256. The predicted octanol–water partition coefficient (Wildman–Crippen LogP) is 7.93. The highest BCUT2D eigenvalue weighted by Crippen LogP contribution is 2.44. The molecule has 12 heterocycles. The van der Waals surface area contributed by atoms with Crippen molar-refractivity contribution in [3.63, 3.8) is 0 Å². The van der Waals surface area contributed by atoms with E-state index in [2.05, 4.69) is 81.1 Å². The molecule has 16 rings (SSSR count). The Balaban J connectivity index is 0.000000133. The zero-order chi connectivity index (χ0) is 80.4. The summed E-state index contributed by atoms with van der Waals surface area (Å²) in [6.07, 6.45) is 3.08. The number of benzene rings is 4. The van der Waals surface area contributed by atoms with Crippen molar-refractivity contribution in [2.45, 2.75) is 122 Å². The second-order valence-electron chi connectivity index (χ2n) is 25.3. The van der Waals surface area contributed by atoms with Gasteiger partial charge in [0.1, 0.15) is 71.2 Å². The lowest BCUT2D eigenvalue weighted by atomic mass is 10.1. The van der Waals surface area contributed by atoms with Crippen molar-refractivity contribution in [3.8, 4) is 0 Å². The number of anilines is 4. The molecule has 10 N–H and O–H groups in total. The van der Waals surface area contributed by atoms with Crippen LogP contribution in [0.25, 0.3) is 44.7 Å². The molecular formula is C70H68Cl4N20O18P2+2. The first kappa shape index (κ1) is 81.8. The van der Waals surface area contributed by atoms with Crippen LogP contribution in [0.3, 0.4) is 0 Å².